The third-order valence-corrected chi connectivity index (χ3v) is 4.33. The van der Waals surface area contributed by atoms with Crippen LogP contribution in [0.4, 0.5) is 0 Å². The van der Waals surface area contributed by atoms with Gasteiger partial charge in [-0.2, -0.15) is 0 Å². The maximum absolute atomic E-state index is 10.9. The van der Waals surface area contributed by atoms with Crippen molar-refractivity contribution in [2.75, 3.05) is 19.7 Å². The zero-order chi connectivity index (χ0) is 15.2. The number of carboxylic acids is 1. The van der Waals surface area contributed by atoms with Gasteiger partial charge in [-0.05, 0) is 43.9 Å². The van der Waals surface area contributed by atoms with Crippen molar-refractivity contribution in [3.8, 4) is 0 Å². The maximum atomic E-state index is 10.9. The fraction of sp³-hybridized carbons (Fsp3) is 0.933. The average Bonchev–Trinajstić information content (AvgIpc) is 2.36. The molecule has 1 rings (SSSR count). The molecule has 4 N–H and O–H groups in total. The Hall–Kier alpha value is -0.650. The van der Waals surface area contributed by atoms with E-state index < -0.39 is 11.6 Å². The predicted octanol–water partition coefficient (Wildman–Crippen LogP) is 1.38. The van der Waals surface area contributed by atoms with Crippen LogP contribution in [-0.4, -0.2) is 46.6 Å². The van der Waals surface area contributed by atoms with Gasteiger partial charge in [-0.3, -0.25) is 4.79 Å². The minimum atomic E-state index is -0.765. The maximum Gasteiger partial charge on any atom is 0.306 e. The molecule has 0 aliphatic heterocycles. The summed E-state index contributed by atoms with van der Waals surface area (Å²) in [6, 6.07) is 0. The number of carboxylic acid groups (broad SMARTS) is 1. The number of hydrogen-bond acceptors (Lipinski definition) is 4. The van der Waals surface area contributed by atoms with Gasteiger partial charge in [-0.1, -0.05) is 13.8 Å². The van der Waals surface area contributed by atoms with E-state index in [1.54, 1.807) is 0 Å². The highest BCUT2D eigenvalue weighted by molar-refractivity contribution is 5.70. The third kappa shape index (κ3) is 5.77. The van der Waals surface area contributed by atoms with E-state index in [1.165, 1.54) is 0 Å². The molecule has 0 heterocycles. The molecular formula is C15H29NO4. The number of carbonyl (C=O) groups is 1. The summed E-state index contributed by atoms with van der Waals surface area (Å²) in [5.41, 5.74) is -0.670. The zero-order valence-corrected chi connectivity index (χ0v) is 12.7. The Morgan fingerprint density at radius 3 is 2.45 bits per heavy atom. The molecule has 0 aromatic rings. The van der Waals surface area contributed by atoms with Crippen molar-refractivity contribution in [3.05, 3.63) is 0 Å². The van der Waals surface area contributed by atoms with Crippen molar-refractivity contribution in [3.63, 3.8) is 0 Å². The molecule has 1 fully saturated rings. The summed E-state index contributed by atoms with van der Waals surface area (Å²) in [6.45, 7) is 5.80. The van der Waals surface area contributed by atoms with Crippen molar-refractivity contribution in [1.29, 1.82) is 0 Å². The molecular weight excluding hydrogens is 258 g/mol. The molecule has 0 spiro atoms. The van der Waals surface area contributed by atoms with E-state index in [0.29, 0.717) is 32.2 Å². The van der Waals surface area contributed by atoms with E-state index in [0.717, 1.165) is 19.4 Å². The van der Waals surface area contributed by atoms with Crippen LogP contribution in [0.25, 0.3) is 0 Å². The molecule has 0 aromatic carbocycles. The van der Waals surface area contributed by atoms with Gasteiger partial charge in [-0.15, -0.1) is 0 Å². The van der Waals surface area contributed by atoms with Gasteiger partial charge in [0, 0.05) is 19.7 Å². The van der Waals surface area contributed by atoms with Crippen molar-refractivity contribution < 1.29 is 20.1 Å². The van der Waals surface area contributed by atoms with E-state index in [-0.39, 0.29) is 17.9 Å². The lowest BCUT2D eigenvalue weighted by Gasteiger charge is -2.36. The minimum absolute atomic E-state index is 0.0946. The predicted molar refractivity (Wildman–Crippen MR) is 77.5 cm³/mol. The van der Waals surface area contributed by atoms with Crippen LogP contribution in [-0.2, 0) is 4.79 Å². The lowest BCUT2D eigenvalue weighted by Crippen LogP contribution is -2.46. The van der Waals surface area contributed by atoms with Gasteiger partial charge >= 0.3 is 5.97 Å². The van der Waals surface area contributed by atoms with E-state index in [2.05, 4.69) is 19.2 Å². The molecule has 0 saturated heterocycles. The first-order chi connectivity index (χ1) is 9.28. The van der Waals surface area contributed by atoms with Crippen LogP contribution in [0.5, 0.6) is 0 Å². The third-order valence-electron chi connectivity index (χ3n) is 4.33. The SMILES string of the molecule is CC(C)(CCCO)CNCC1(O)CCC(C(=O)O)CC1. The number of hydrogen-bond donors (Lipinski definition) is 4. The van der Waals surface area contributed by atoms with Gasteiger partial charge in [0.1, 0.15) is 0 Å². The van der Waals surface area contributed by atoms with Gasteiger partial charge in [0.25, 0.3) is 0 Å². The quantitative estimate of drug-likeness (QED) is 0.541. The number of nitrogens with one attached hydrogen (secondary N) is 1. The van der Waals surface area contributed by atoms with E-state index in [4.69, 9.17) is 10.2 Å². The second-order valence-corrected chi connectivity index (χ2v) is 6.93. The van der Waals surface area contributed by atoms with Gasteiger partial charge in [0.2, 0.25) is 0 Å². The molecule has 1 aliphatic rings. The lowest BCUT2D eigenvalue weighted by molar-refractivity contribution is -0.144. The lowest BCUT2D eigenvalue weighted by atomic mass is 9.78. The Labute approximate surface area is 121 Å². The Balaban J connectivity index is 2.29. The molecule has 0 amide bonds. The zero-order valence-electron chi connectivity index (χ0n) is 12.7. The van der Waals surface area contributed by atoms with Crippen molar-refractivity contribution in [2.24, 2.45) is 11.3 Å². The molecule has 5 heteroatoms. The molecule has 5 nitrogen and oxygen atoms in total. The summed E-state index contributed by atoms with van der Waals surface area (Å²) < 4.78 is 0. The van der Waals surface area contributed by atoms with Crippen molar-refractivity contribution in [2.45, 2.75) is 58.0 Å². The second-order valence-electron chi connectivity index (χ2n) is 6.93. The fourth-order valence-electron chi connectivity index (χ4n) is 2.86. The summed E-state index contributed by atoms with van der Waals surface area (Å²) in [5.74, 6) is -1.04. The Morgan fingerprint density at radius 2 is 1.95 bits per heavy atom. The van der Waals surface area contributed by atoms with Crippen LogP contribution in [0.3, 0.4) is 0 Å². The first kappa shape index (κ1) is 17.4. The fourth-order valence-corrected chi connectivity index (χ4v) is 2.86. The summed E-state index contributed by atoms with van der Waals surface area (Å²) in [6.07, 6.45) is 3.94. The van der Waals surface area contributed by atoms with Gasteiger partial charge in [0.15, 0.2) is 0 Å². The van der Waals surface area contributed by atoms with E-state index >= 15 is 0 Å². The smallest absolute Gasteiger partial charge is 0.306 e. The molecule has 0 radical (unpaired) electrons. The number of aliphatic hydroxyl groups excluding tert-OH is 1. The number of aliphatic hydroxyl groups is 2. The monoisotopic (exact) mass is 287 g/mol. The first-order valence-corrected chi connectivity index (χ1v) is 7.55. The Kier molecular flexibility index (Phi) is 6.43. The van der Waals surface area contributed by atoms with Crippen LogP contribution in [0.1, 0.15) is 52.4 Å². The van der Waals surface area contributed by atoms with Gasteiger partial charge in [0.05, 0.1) is 11.5 Å². The average molecular weight is 287 g/mol. The molecule has 118 valence electrons. The molecule has 1 saturated carbocycles. The van der Waals surface area contributed by atoms with Gasteiger partial charge < -0.3 is 20.6 Å². The molecule has 1 aliphatic carbocycles. The molecule has 0 aromatic heterocycles. The van der Waals surface area contributed by atoms with Crippen molar-refractivity contribution >= 4 is 5.97 Å². The van der Waals surface area contributed by atoms with Crippen molar-refractivity contribution in [1.82, 2.24) is 5.32 Å². The highest BCUT2D eigenvalue weighted by Crippen LogP contribution is 2.32. The number of aliphatic carboxylic acids is 1. The summed E-state index contributed by atoms with van der Waals surface area (Å²) >= 11 is 0. The Bertz CT molecular complexity index is 309. The van der Waals surface area contributed by atoms with Crippen LogP contribution in [0, 0.1) is 11.3 Å². The van der Waals surface area contributed by atoms with Crippen LogP contribution in [0.2, 0.25) is 0 Å². The summed E-state index contributed by atoms with van der Waals surface area (Å²) in [4.78, 5) is 10.9. The highest BCUT2D eigenvalue weighted by Gasteiger charge is 2.35. The highest BCUT2D eigenvalue weighted by atomic mass is 16.4. The summed E-state index contributed by atoms with van der Waals surface area (Å²) in [5, 5.41) is 31.6. The standard InChI is InChI=1S/C15H29NO4/c1-14(2,6-3-9-17)10-16-11-15(20)7-4-12(5-8-15)13(18)19/h12,16-17,20H,3-11H2,1-2H3,(H,18,19). The Morgan fingerprint density at radius 1 is 1.35 bits per heavy atom. The van der Waals surface area contributed by atoms with Crippen LogP contribution in [0.15, 0.2) is 0 Å². The topological polar surface area (TPSA) is 89.8 Å². The molecule has 0 bridgehead atoms. The molecule has 0 atom stereocenters. The molecule has 20 heavy (non-hydrogen) atoms. The second kappa shape index (κ2) is 7.38. The first-order valence-electron chi connectivity index (χ1n) is 7.55. The normalized spacial score (nSPS) is 27.5. The van der Waals surface area contributed by atoms with Crippen LogP contribution >= 0.6 is 0 Å². The van der Waals surface area contributed by atoms with Gasteiger partial charge in [-0.25, -0.2) is 0 Å². The number of rotatable bonds is 8. The van der Waals surface area contributed by atoms with E-state index in [9.17, 15) is 9.90 Å². The van der Waals surface area contributed by atoms with Crippen LogP contribution < -0.4 is 5.32 Å². The summed E-state index contributed by atoms with van der Waals surface area (Å²) in [7, 11) is 0. The minimum Gasteiger partial charge on any atom is -0.481 e. The van der Waals surface area contributed by atoms with E-state index in [1.807, 2.05) is 0 Å². The largest absolute Gasteiger partial charge is 0.481 e. The molecule has 0 unspecified atom stereocenters.